The standard InChI is InChI=1S/C20H23ClN6O3/c21-18-17-13-7-6-11(24-20(29)30-12-9-23-10-12)8-15(13)25-16(28)5-3-1-2-4-14(22)19(26-17)27-18/h1-2,6-8,12,14,23H,3-5,9-10,22H2,(H,24,29)(H,25,28)(H,26,27)/b2-1+/t14-/m0/s1. The first-order valence-electron chi connectivity index (χ1n) is 9.78. The van der Waals surface area contributed by atoms with Crippen LogP contribution in [0.25, 0.3) is 11.3 Å². The number of aromatic amines is 1. The van der Waals surface area contributed by atoms with Gasteiger partial charge in [0.05, 0.1) is 11.7 Å². The van der Waals surface area contributed by atoms with Crippen LogP contribution in [0.15, 0.2) is 30.4 Å². The number of nitrogens with one attached hydrogen (secondary N) is 4. The van der Waals surface area contributed by atoms with Gasteiger partial charge in [-0.15, -0.1) is 0 Å². The van der Waals surface area contributed by atoms with Crippen molar-refractivity contribution in [3.63, 3.8) is 0 Å². The molecule has 1 fully saturated rings. The number of nitrogens with zero attached hydrogens (tertiary/aromatic N) is 1. The number of nitrogens with two attached hydrogens (primary N) is 1. The maximum atomic E-state index is 12.4. The minimum atomic E-state index is -0.548. The Morgan fingerprint density at radius 2 is 2.13 bits per heavy atom. The Balaban J connectivity index is 1.65. The topological polar surface area (TPSA) is 134 Å². The number of carbonyl (C=O) groups is 2. The zero-order valence-electron chi connectivity index (χ0n) is 16.2. The molecule has 0 saturated carbocycles. The van der Waals surface area contributed by atoms with E-state index >= 15 is 0 Å². The van der Waals surface area contributed by atoms with E-state index in [0.717, 1.165) is 0 Å². The van der Waals surface area contributed by atoms with Crippen LogP contribution in [0.2, 0.25) is 5.15 Å². The third kappa shape index (κ3) is 4.64. The number of carbonyl (C=O) groups excluding carboxylic acids is 2. The van der Waals surface area contributed by atoms with Gasteiger partial charge in [0.1, 0.15) is 22.8 Å². The normalized spacial score (nSPS) is 20.5. The fourth-order valence-corrected chi connectivity index (χ4v) is 3.44. The lowest BCUT2D eigenvalue weighted by atomic mass is 10.1. The molecule has 2 amide bonds. The van der Waals surface area contributed by atoms with Crippen molar-refractivity contribution in [2.45, 2.75) is 31.4 Å². The molecule has 1 atom stereocenters. The lowest BCUT2D eigenvalue weighted by molar-refractivity contribution is -0.116. The second-order valence-corrected chi connectivity index (χ2v) is 7.63. The second-order valence-electron chi connectivity index (χ2n) is 7.26. The van der Waals surface area contributed by atoms with Gasteiger partial charge in [0.2, 0.25) is 5.91 Å². The summed E-state index contributed by atoms with van der Waals surface area (Å²) in [5.74, 6) is 0.410. The number of H-pyrrole nitrogens is 1. The average molecular weight is 431 g/mol. The molecule has 2 bridgehead atoms. The first-order chi connectivity index (χ1) is 14.5. The molecule has 0 spiro atoms. The molecule has 1 aromatic heterocycles. The number of imidazole rings is 1. The van der Waals surface area contributed by atoms with E-state index in [0.29, 0.717) is 66.0 Å². The van der Waals surface area contributed by atoms with E-state index in [4.69, 9.17) is 22.1 Å². The van der Waals surface area contributed by atoms with Crippen molar-refractivity contribution >= 4 is 35.0 Å². The lowest BCUT2D eigenvalue weighted by Gasteiger charge is -2.26. The number of fused-ring (bicyclic) bond motifs is 4. The van der Waals surface area contributed by atoms with E-state index in [1.54, 1.807) is 18.2 Å². The molecule has 1 aromatic carbocycles. The van der Waals surface area contributed by atoms with Gasteiger partial charge in [-0.3, -0.25) is 10.1 Å². The predicted molar refractivity (Wildman–Crippen MR) is 114 cm³/mol. The molecule has 6 N–H and O–H groups in total. The zero-order valence-corrected chi connectivity index (χ0v) is 17.0. The minimum absolute atomic E-state index is 0.128. The molecule has 1 saturated heterocycles. The minimum Gasteiger partial charge on any atom is -0.443 e. The number of ether oxygens (including phenoxy) is 1. The predicted octanol–water partition coefficient (Wildman–Crippen LogP) is 2.93. The highest BCUT2D eigenvalue weighted by Crippen LogP contribution is 2.35. The first kappa shape index (κ1) is 20.4. The van der Waals surface area contributed by atoms with Gasteiger partial charge in [0, 0.05) is 30.8 Å². The summed E-state index contributed by atoms with van der Waals surface area (Å²) < 4.78 is 5.28. The number of halogens is 1. The summed E-state index contributed by atoms with van der Waals surface area (Å²) in [5, 5.41) is 8.95. The van der Waals surface area contributed by atoms with Crippen LogP contribution >= 0.6 is 11.6 Å². The Morgan fingerprint density at radius 3 is 2.90 bits per heavy atom. The van der Waals surface area contributed by atoms with Crippen molar-refractivity contribution in [1.29, 1.82) is 0 Å². The molecule has 2 aliphatic heterocycles. The Hall–Kier alpha value is -2.88. The summed E-state index contributed by atoms with van der Waals surface area (Å²) in [6.07, 6.45) is 4.68. The molecule has 0 unspecified atom stereocenters. The Morgan fingerprint density at radius 1 is 1.30 bits per heavy atom. The van der Waals surface area contributed by atoms with Crippen LogP contribution in [0.1, 0.15) is 31.1 Å². The van der Waals surface area contributed by atoms with E-state index in [9.17, 15) is 9.59 Å². The van der Waals surface area contributed by atoms with Gasteiger partial charge < -0.3 is 26.1 Å². The molecule has 10 heteroatoms. The molecule has 9 nitrogen and oxygen atoms in total. The fourth-order valence-electron chi connectivity index (χ4n) is 3.20. The summed E-state index contributed by atoms with van der Waals surface area (Å²) in [6.45, 7) is 1.29. The van der Waals surface area contributed by atoms with Gasteiger partial charge in [-0.1, -0.05) is 23.8 Å². The maximum absolute atomic E-state index is 12.4. The highest BCUT2D eigenvalue weighted by atomic mass is 35.5. The molecule has 30 heavy (non-hydrogen) atoms. The number of aromatic nitrogens is 2. The van der Waals surface area contributed by atoms with E-state index in [2.05, 4.69) is 25.9 Å². The summed E-state index contributed by atoms with van der Waals surface area (Å²) in [4.78, 5) is 32.1. The lowest BCUT2D eigenvalue weighted by Crippen LogP contribution is -2.49. The third-order valence-corrected chi connectivity index (χ3v) is 5.21. The summed E-state index contributed by atoms with van der Waals surface area (Å²) in [6, 6.07) is 4.77. The number of amides is 2. The maximum Gasteiger partial charge on any atom is 0.411 e. The van der Waals surface area contributed by atoms with Crippen LogP contribution in [0.3, 0.4) is 0 Å². The van der Waals surface area contributed by atoms with Gasteiger partial charge in [-0.2, -0.15) is 0 Å². The van der Waals surface area contributed by atoms with Crippen molar-refractivity contribution in [2.75, 3.05) is 23.7 Å². The third-order valence-electron chi connectivity index (χ3n) is 4.94. The highest BCUT2D eigenvalue weighted by molar-refractivity contribution is 6.32. The van der Waals surface area contributed by atoms with E-state index in [1.807, 2.05) is 12.2 Å². The van der Waals surface area contributed by atoms with E-state index < -0.39 is 6.09 Å². The molecular formula is C20H23ClN6O3. The smallest absolute Gasteiger partial charge is 0.411 e. The van der Waals surface area contributed by atoms with Gasteiger partial charge in [0.25, 0.3) is 0 Å². The number of rotatable bonds is 2. The second kappa shape index (κ2) is 8.86. The monoisotopic (exact) mass is 430 g/mol. The zero-order chi connectivity index (χ0) is 21.1. The van der Waals surface area contributed by atoms with Gasteiger partial charge in [-0.05, 0) is 31.0 Å². The van der Waals surface area contributed by atoms with Crippen LogP contribution in [-0.4, -0.2) is 41.2 Å². The average Bonchev–Trinajstić information content (AvgIpc) is 3.06. The molecule has 2 aliphatic rings. The number of allylic oxidation sites excluding steroid dienone is 1. The highest BCUT2D eigenvalue weighted by Gasteiger charge is 2.22. The van der Waals surface area contributed by atoms with Crippen molar-refractivity contribution in [3.8, 4) is 11.3 Å². The van der Waals surface area contributed by atoms with Crippen molar-refractivity contribution in [1.82, 2.24) is 15.3 Å². The summed E-state index contributed by atoms with van der Waals surface area (Å²) >= 11 is 6.38. The molecule has 2 aromatic rings. The number of hydrogen-bond donors (Lipinski definition) is 5. The number of benzene rings is 1. The van der Waals surface area contributed by atoms with Crippen LogP contribution in [0, 0.1) is 0 Å². The molecule has 0 radical (unpaired) electrons. The summed E-state index contributed by atoms with van der Waals surface area (Å²) in [7, 11) is 0. The van der Waals surface area contributed by atoms with Gasteiger partial charge in [-0.25, -0.2) is 9.78 Å². The van der Waals surface area contributed by atoms with Crippen LogP contribution in [0.4, 0.5) is 16.2 Å². The largest absolute Gasteiger partial charge is 0.443 e. The van der Waals surface area contributed by atoms with Crippen molar-refractivity contribution in [2.24, 2.45) is 5.73 Å². The number of hydrogen-bond acceptors (Lipinski definition) is 6. The van der Waals surface area contributed by atoms with Gasteiger partial charge >= 0.3 is 6.09 Å². The van der Waals surface area contributed by atoms with Crippen molar-refractivity contribution in [3.05, 3.63) is 41.3 Å². The SMILES string of the molecule is N[C@H]1C/C=C/CCC(=O)Nc2cc(NC(=O)OC3CNC3)ccc2-c2nc1[nH]c2Cl. The van der Waals surface area contributed by atoms with Gasteiger partial charge in [0.15, 0.2) is 0 Å². The Kier molecular flexibility index (Phi) is 6.03. The molecule has 4 rings (SSSR count). The number of anilines is 2. The van der Waals surface area contributed by atoms with E-state index in [1.165, 1.54) is 0 Å². The molecule has 0 aliphatic carbocycles. The summed E-state index contributed by atoms with van der Waals surface area (Å²) in [5.41, 5.74) is 8.28. The quantitative estimate of drug-likeness (QED) is 0.465. The molecule has 158 valence electrons. The van der Waals surface area contributed by atoms with Crippen LogP contribution < -0.4 is 21.7 Å². The Labute approximate surface area is 178 Å². The first-order valence-corrected chi connectivity index (χ1v) is 10.2. The van der Waals surface area contributed by atoms with Crippen LogP contribution in [-0.2, 0) is 9.53 Å². The fraction of sp³-hybridized carbons (Fsp3) is 0.350. The molecular weight excluding hydrogens is 408 g/mol. The molecule has 3 heterocycles. The Bertz CT molecular complexity index is 985. The van der Waals surface area contributed by atoms with Crippen LogP contribution in [0.5, 0.6) is 0 Å². The van der Waals surface area contributed by atoms with E-state index in [-0.39, 0.29) is 18.1 Å². The van der Waals surface area contributed by atoms with Crippen molar-refractivity contribution < 1.29 is 14.3 Å².